The van der Waals surface area contributed by atoms with Gasteiger partial charge in [0.05, 0.1) is 5.56 Å². The van der Waals surface area contributed by atoms with Crippen LogP contribution in [0.25, 0.3) is 0 Å². The summed E-state index contributed by atoms with van der Waals surface area (Å²) in [6, 6.07) is 7.05. The van der Waals surface area contributed by atoms with E-state index in [0.717, 1.165) is 36.2 Å². The Labute approximate surface area is 156 Å². The van der Waals surface area contributed by atoms with Crippen LogP contribution in [0.4, 0.5) is 0 Å². The fourth-order valence-corrected chi connectivity index (χ4v) is 2.98. The van der Waals surface area contributed by atoms with Crippen LogP contribution >= 0.6 is 0 Å². The lowest BCUT2D eigenvalue weighted by molar-refractivity contribution is 0.0697. The molecule has 0 fully saturated rings. The van der Waals surface area contributed by atoms with E-state index in [1.165, 1.54) is 44.9 Å². The number of aryl methyl sites for hydroxylation is 3. The summed E-state index contributed by atoms with van der Waals surface area (Å²) in [7, 11) is 0. The molecule has 0 bridgehead atoms. The van der Waals surface area contributed by atoms with Crippen LogP contribution in [0, 0.1) is 0 Å². The quantitative estimate of drug-likeness (QED) is 0.529. The first-order chi connectivity index (χ1) is 12.7. The van der Waals surface area contributed by atoms with Gasteiger partial charge in [-0.3, -0.25) is 0 Å². The Bertz CT molecular complexity index is 651. The van der Waals surface area contributed by atoms with Crippen molar-refractivity contribution >= 4 is 5.97 Å². The van der Waals surface area contributed by atoms with Crippen LogP contribution < -0.4 is 0 Å². The Hall–Kier alpha value is -2.23. The molecule has 0 unspecified atom stereocenters. The van der Waals surface area contributed by atoms with Crippen molar-refractivity contribution in [2.45, 2.75) is 71.1 Å². The lowest BCUT2D eigenvalue weighted by Crippen LogP contribution is -1.99. The first-order valence-corrected chi connectivity index (χ1v) is 9.81. The molecule has 26 heavy (non-hydrogen) atoms. The van der Waals surface area contributed by atoms with E-state index in [9.17, 15) is 4.79 Å². The third kappa shape index (κ3) is 7.34. The Morgan fingerprint density at radius 3 is 2.00 bits per heavy atom. The van der Waals surface area contributed by atoms with E-state index >= 15 is 0 Å². The van der Waals surface area contributed by atoms with Crippen molar-refractivity contribution in [1.82, 2.24) is 9.97 Å². The summed E-state index contributed by atoms with van der Waals surface area (Å²) < 4.78 is 0. The number of nitrogens with zero attached hydrogens (tertiary/aromatic N) is 2. The molecular formula is C22H30N2O2. The second-order valence-electron chi connectivity index (χ2n) is 6.88. The van der Waals surface area contributed by atoms with Gasteiger partial charge in [-0.25, -0.2) is 14.8 Å². The van der Waals surface area contributed by atoms with Crippen molar-refractivity contribution in [3.63, 3.8) is 0 Å². The molecule has 1 aromatic carbocycles. The smallest absolute Gasteiger partial charge is 0.335 e. The lowest BCUT2D eigenvalue weighted by atomic mass is 10.0. The van der Waals surface area contributed by atoms with Gasteiger partial charge >= 0.3 is 5.97 Å². The van der Waals surface area contributed by atoms with Gasteiger partial charge in [0.15, 0.2) is 0 Å². The normalized spacial score (nSPS) is 10.8. The number of benzene rings is 1. The number of carboxylic acid groups (broad SMARTS) is 1. The first-order valence-electron chi connectivity index (χ1n) is 9.81. The van der Waals surface area contributed by atoms with Crippen molar-refractivity contribution < 1.29 is 9.90 Å². The van der Waals surface area contributed by atoms with Gasteiger partial charge in [0.2, 0.25) is 0 Å². The van der Waals surface area contributed by atoms with Gasteiger partial charge in [0, 0.05) is 18.8 Å². The van der Waals surface area contributed by atoms with Gasteiger partial charge in [-0.2, -0.15) is 0 Å². The van der Waals surface area contributed by atoms with E-state index in [2.05, 4.69) is 16.9 Å². The Kier molecular flexibility index (Phi) is 8.81. The second kappa shape index (κ2) is 11.4. The van der Waals surface area contributed by atoms with Crippen LogP contribution in [0.2, 0.25) is 0 Å². The summed E-state index contributed by atoms with van der Waals surface area (Å²) in [5.74, 6) is 0.0506. The minimum absolute atomic E-state index is 0.326. The third-order valence-electron chi connectivity index (χ3n) is 4.67. The molecule has 140 valence electrons. The summed E-state index contributed by atoms with van der Waals surface area (Å²) in [5, 5.41) is 8.92. The highest BCUT2D eigenvalue weighted by Crippen LogP contribution is 2.11. The van der Waals surface area contributed by atoms with Crippen LogP contribution in [-0.4, -0.2) is 21.0 Å². The maximum atomic E-state index is 10.9. The summed E-state index contributed by atoms with van der Waals surface area (Å²) >= 11 is 0. The Balaban J connectivity index is 1.67. The molecule has 0 atom stereocenters. The molecule has 0 aliphatic heterocycles. The average molecular weight is 354 g/mol. The average Bonchev–Trinajstić information content (AvgIpc) is 2.67. The van der Waals surface area contributed by atoms with Crippen LogP contribution in [-0.2, 0) is 19.3 Å². The molecule has 0 saturated carbocycles. The summed E-state index contributed by atoms with van der Waals surface area (Å²) in [5.41, 5.74) is 2.57. The first kappa shape index (κ1) is 20.1. The summed E-state index contributed by atoms with van der Waals surface area (Å²) in [4.78, 5) is 19.8. The van der Waals surface area contributed by atoms with Crippen LogP contribution in [0.3, 0.4) is 0 Å². The van der Waals surface area contributed by atoms with E-state index in [1.807, 2.05) is 24.5 Å². The van der Waals surface area contributed by atoms with Gasteiger partial charge < -0.3 is 5.11 Å². The molecule has 1 aromatic heterocycles. The van der Waals surface area contributed by atoms with Gasteiger partial charge in [-0.1, -0.05) is 57.6 Å². The Morgan fingerprint density at radius 1 is 0.808 bits per heavy atom. The molecule has 0 radical (unpaired) electrons. The third-order valence-corrected chi connectivity index (χ3v) is 4.67. The molecule has 2 aromatic rings. The van der Waals surface area contributed by atoms with Crippen molar-refractivity contribution in [2.75, 3.05) is 0 Å². The molecule has 2 rings (SSSR count). The Morgan fingerprint density at radius 2 is 1.38 bits per heavy atom. The zero-order valence-electron chi connectivity index (χ0n) is 15.8. The fourth-order valence-electron chi connectivity index (χ4n) is 2.98. The number of hydrogen-bond donors (Lipinski definition) is 1. The number of carboxylic acids is 1. The second-order valence-corrected chi connectivity index (χ2v) is 6.88. The van der Waals surface area contributed by atoms with Crippen LogP contribution in [0.1, 0.15) is 79.2 Å². The largest absolute Gasteiger partial charge is 0.478 e. The predicted octanol–water partition coefficient (Wildman–Crippen LogP) is 5.25. The minimum atomic E-state index is -0.888. The van der Waals surface area contributed by atoms with Crippen LogP contribution in [0.5, 0.6) is 0 Å². The highest BCUT2D eigenvalue weighted by atomic mass is 16.4. The fraction of sp³-hybridized carbons (Fsp3) is 0.500. The zero-order valence-corrected chi connectivity index (χ0v) is 15.8. The molecule has 4 heteroatoms. The summed E-state index contributed by atoms with van der Waals surface area (Å²) in [6.45, 7) is 2.25. The molecule has 1 heterocycles. The minimum Gasteiger partial charge on any atom is -0.478 e. The van der Waals surface area contributed by atoms with Gasteiger partial charge in [0.1, 0.15) is 5.82 Å². The van der Waals surface area contributed by atoms with E-state index < -0.39 is 5.97 Å². The summed E-state index contributed by atoms with van der Waals surface area (Å²) in [6.07, 6.45) is 15.7. The van der Waals surface area contributed by atoms with E-state index in [-0.39, 0.29) is 0 Å². The number of aromatic carboxylic acids is 1. The maximum absolute atomic E-state index is 10.9. The number of carbonyl (C=O) groups is 1. The number of aromatic nitrogens is 2. The zero-order chi connectivity index (χ0) is 18.6. The van der Waals surface area contributed by atoms with Gasteiger partial charge in [-0.05, 0) is 42.5 Å². The van der Waals surface area contributed by atoms with Crippen molar-refractivity contribution in [3.8, 4) is 0 Å². The van der Waals surface area contributed by atoms with E-state index in [1.54, 1.807) is 12.1 Å². The van der Waals surface area contributed by atoms with E-state index in [4.69, 9.17) is 5.11 Å². The van der Waals surface area contributed by atoms with Crippen molar-refractivity contribution in [3.05, 3.63) is 59.2 Å². The SMILES string of the molecule is CCCCCCCCCc1ncc(CCc2ccc(C(=O)O)cc2)cn1. The predicted molar refractivity (Wildman–Crippen MR) is 105 cm³/mol. The highest BCUT2D eigenvalue weighted by molar-refractivity contribution is 5.87. The van der Waals surface area contributed by atoms with E-state index in [0.29, 0.717) is 5.56 Å². The topological polar surface area (TPSA) is 63.1 Å². The maximum Gasteiger partial charge on any atom is 0.335 e. The van der Waals surface area contributed by atoms with Crippen molar-refractivity contribution in [2.24, 2.45) is 0 Å². The molecular weight excluding hydrogens is 324 g/mol. The highest BCUT2D eigenvalue weighted by Gasteiger charge is 2.03. The molecule has 0 spiro atoms. The molecule has 0 aliphatic rings. The molecule has 0 saturated heterocycles. The van der Waals surface area contributed by atoms with Crippen molar-refractivity contribution in [1.29, 1.82) is 0 Å². The molecule has 0 amide bonds. The molecule has 0 aliphatic carbocycles. The lowest BCUT2D eigenvalue weighted by Gasteiger charge is -2.04. The number of unbranched alkanes of at least 4 members (excludes halogenated alkanes) is 6. The number of hydrogen-bond acceptors (Lipinski definition) is 3. The monoisotopic (exact) mass is 354 g/mol. The van der Waals surface area contributed by atoms with Gasteiger partial charge in [-0.15, -0.1) is 0 Å². The standard InChI is InChI=1S/C22H30N2O2/c1-2-3-4-5-6-7-8-9-21-23-16-19(17-24-21)11-10-18-12-14-20(15-13-18)22(25)26/h12-17H,2-11H2,1H3,(H,25,26). The van der Waals surface area contributed by atoms with Gasteiger partial charge in [0.25, 0.3) is 0 Å². The molecule has 1 N–H and O–H groups in total. The number of rotatable bonds is 12. The molecule has 4 nitrogen and oxygen atoms in total. The van der Waals surface area contributed by atoms with Crippen LogP contribution in [0.15, 0.2) is 36.7 Å².